The van der Waals surface area contributed by atoms with Crippen LogP contribution in [0.15, 0.2) is 12.1 Å². The van der Waals surface area contributed by atoms with Crippen LogP contribution >= 0.6 is 12.6 Å². The van der Waals surface area contributed by atoms with Crippen LogP contribution in [0.1, 0.15) is 64.7 Å². The predicted molar refractivity (Wildman–Crippen MR) is 98.6 cm³/mol. The molecule has 1 aromatic carbocycles. The van der Waals surface area contributed by atoms with Crippen LogP contribution in [-0.4, -0.2) is 23.4 Å². The molecule has 0 aliphatic heterocycles. The summed E-state index contributed by atoms with van der Waals surface area (Å²) in [5.74, 6) is 0.224. The normalized spacial score (nSPS) is 12.3. The zero-order valence-corrected chi connectivity index (χ0v) is 16.1. The van der Waals surface area contributed by atoms with Crippen molar-refractivity contribution in [2.45, 2.75) is 65.2 Å². The molecule has 0 amide bonds. The quantitative estimate of drug-likeness (QED) is 0.475. The van der Waals surface area contributed by atoms with E-state index in [9.17, 15) is 9.90 Å². The molecule has 0 bridgehead atoms. The largest absolute Gasteiger partial charge is 0.507 e. The molecule has 4 heteroatoms. The molecule has 0 fully saturated rings. The molecule has 3 nitrogen and oxygen atoms in total. The van der Waals surface area contributed by atoms with E-state index in [-0.39, 0.29) is 22.6 Å². The first-order valence-electron chi connectivity index (χ1n) is 8.10. The summed E-state index contributed by atoms with van der Waals surface area (Å²) in [6.07, 6.45) is 1.57. The third kappa shape index (κ3) is 5.76. The Morgan fingerprint density at radius 3 is 1.96 bits per heavy atom. The number of carbonyl (C=O) groups is 1. The Morgan fingerprint density at radius 1 is 1.09 bits per heavy atom. The van der Waals surface area contributed by atoms with E-state index in [4.69, 9.17) is 4.74 Å². The molecule has 0 aliphatic rings. The third-order valence-corrected chi connectivity index (χ3v) is 4.05. The molecule has 0 aliphatic carbocycles. The maximum absolute atomic E-state index is 11.1. The number of phenolic OH excluding ortho intramolecular Hbond substituents is 1. The standard InChI is InChI=1S/C19H30O3S/c1-18(2,3)14-10-13(8-7-9-22-16(20)12-23)11-15(17(14)21)19(4,5)6/h10-11,21,23H,7-9,12H2,1-6H3. The minimum Gasteiger partial charge on any atom is -0.507 e. The van der Waals surface area contributed by atoms with E-state index in [1.165, 1.54) is 5.56 Å². The fourth-order valence-corrected chi connectivity index (χ4v) is 2.58. The van der Waals surface area contributed by atoms with Gasteiger partial charge in [0.25, 0.3) is 0 Å². The van der Waals surface area contributed by atoms with Crippen molar-refractivity contribution in [3.8, 4) is 5.75 Å². The molecule has 0 radical (unpaired) electrons. The molecule has 0 aromatic heterocycles. The van der Waals surface area contributed by atoms with Crippen LogP contribution in [0.4, 0.5) is 0 Å². The molecule has 0 spiro atoms. The van der Waals surface area contributed by atoms with Crippen LogP contribution in [0.5, 0.6) is 5.75 Å². The first kappa shape index (κ1) is 19.9. The number of aromatic hydroxyl groups is 1. The number of hydrogen-bond donors (Lipinski definition) is 2. The van der Waals surface area contributed by atoms with Gasteiger partial charge in [-0.1, -0.05) is 53.7 Å². The number of carbonyl (C=O) groups excluding carboxylic acids is 1. The molecule has 0 saturated heterocycles. The van der Waals surface area contributed by atoms with Crippen molar-refractivity contribution in [2.24, 2.45) is 0 Å². The molecule has 0 heterocycles. The van der Waals surface area contributed by atoms with Crippen molar-refractivity contribution in [1.82, 2.24) is 0 Å². The fraction of sp³-hybridized carbons (Fsp3) is 0.632. The fourth-order valence-electron chi connectivity index (χ4n) is 2.49. The monoisotopic (exact) mass is 338 g/mol. The molecule has 1 aromatic rings. The minimum absolute atomic E-state index is 0.113. The molecule has 0 saturated carbocycles. The minimum atomic E-state index is -0.287. The maximum atomic E-state index is 11.1. The highest BCUT2D eigenvalue weighted by Gasteiger charge is 2.26. The maximum Gasteiger partial charge on any atom is 0.315 e. The Balaban J connectivity index is 3.02. The molecule has 1 N–H and O–H groups in total. The molecule has 0 unspecified atom stereocenters. The van der Waals surface area contributed by atoms with Gasteiger partial charge in [0.2, 0.25) is 0 Å². The highest BCUT2D eigenvalue weighted by molar-refractivity contribution is 7.81. The number of thiol groups is 1. The molecular weight excluding hydrogens is 308 g/mol. The first-order chi connectivity index (χ1) is 10.5. The van der Waals surface area contributed by atoms with Gasteiger partial charge in [-0.2, -0.15) is 12.6 Å². The summed E-state index contributed by atoms with van der Waals surface area (Å²) in [5, 5.41) is 10.7. The van der Waals surface area contributed by atoms with Crippen LogP contribution in [0.2, 0.25) is 0 Å². The summed E-state index contributed by atoms with van der Waals surface area (Å²) in [6, 6.07) is 4.15. The summed E-state index contributed by atoms with van der Waals surface area (Å²) in [6.45, 7) is 13.0. The van der Waals surface area contributed by atoms with Crippen molar-refractivity contribution in [1.29, 1.82) is 0 Å². The van der Waals surface area contributed by atoms with Gasteiger partial charge in [0.15, 0.2) is 0 Å². The number of phenols is 1. The predicted octanol–water partition coefficient (Wildman–Crippen LogP) is 4.39. The number of benzene rings is 1. The van der Waals surface area contributed by atoms with Gasteiger partial charge < -0.3 is 9.84 Å². The molecular formula is C19H30O3S. The second-order valence-electron chi connectivity index (χ2n) is 8.02. The number of aryl methyl sites for hydroxylation is 1. The molecule has 1 rings (SSSR count). The lowest BCUT2D eigenvalue weighted by Gasteiger charge is -2.28. The smallest absolute Gasteiger partial charge is 0.315 e. The lowest BCUT2D eigenvalue weighted by atomic mass is 9.78. The zero-order chi connectivity index (χ0) is 17.8. The Hall–Kier alpha value is -1.16. The summed E-state index contributed by atoms with van der Waals surface area (Å²) in [7, 11) is 0. The Morgan fingerprint density at radius 2 is 1.57 bits per heavy atom. The van der Waals surface area contributed by atoms with E-state index >= 15 is 0 Å². The van der Waals surface area contributed by atoms with Gasteiger partial charge in [-0.3, -0.25) is 4.79 Å². The number of rotatable bonds is 5. The molecule has 130 valence electrons. The second-order valence-corrected chi connectivity index (χ2v) is 8.34. The number of esters is 1. The molecule has 23 heavy (non-hydrogen) atoms. The van der Waals surface area contributed by atoms with E-state index in [1.54, 1.807) is 0 Å². The number of ether oxygens (including phenoxy) is 1. The average molecular weight is 339 g/mol. The van der Waals surface area contributed by atoms with Crippen LogP contribution in [0, 0.1) is 0 Å². The van der Waals surface area contributed by atoms with E-state index < -0.39 is 0 Å². The van der Waals surface area contributed by atoms with Crippen LogP contribution < -0.4 is 0 Å². The van der Waals surface area contributed by atoms with Crippen LogP contribution in [0.3, 0.4) is 0 Å². The van der Waals surface area contributed by atoms with Crippen molar-refractivity contribution in [2.75, 3.05) is 12.4 Å². The van der Waals surface area contributed by atoms with Gasteiger partial charge in [0, 0.05) is 0 Å². The lowest BCUT2D eigenvalue weighted by Crippen LogP contribution is -2.18. The number of hydrogen-bond acceptors (Lipinski definition) is 4. The van der Waals surface area contributed by atoms with Crippen LogP contribution in [0.25, 0.3) is 0 Å². The van der Waals surface area contributed by atoms with Crippen molar-refractivity contribution < 1.29 is 14.6 Å². The van der Waals surface area contributed by atoms with Crippen molar-refractivity contribution in [3.05, 3.63) is 28.8 Å². The first-order valence-corrected chi connectivity index (χ1v) is 8.73. The highest BCUT2D eigenvalue weighted by Crippen LogP contribution is 2.39. The van der Waals surface area contributed by atoms with Gasteiger partial charge in [-0.15, -0.1) is 0 Å². The van der Waals surface area contributed by atoms with Crippen molar-refractivity contribution >= 4 is 18.6 Å². The van der Waals surface area contributed by atoms with Crippen molar-refractivity contribution in [3.63, 3.8) is 0 Å². The van der Waals surface area contributed by atoms with E-state index in [2.05, 4.69) is 66.3 Å². The van der Waals surface area contributed by atoms with E-state index in [1.807, 2.05) is 0 Å². The zero-order valence-electron chi connectivity index (χ0n) is 15.2. The lowest BCUT2D eigenvalue weighted by molar-refractivity contribution is -0.140. The Labute approximate surface area is 145 Å². The SMILES string of the molecule is CC(C)(C)c1cc(CCCOC(=O)CS)cc(C(C)(C)C)c1O. The van der Waals surface area contributed by atoms with Gasteiger partial charge in [0.1, 0.15) is 5.75 Å². The highest BCUT2D eigenvalue weighted by atomic mass is 32.1. The van der Waals surface area contributed by atoms with Gasteiger partial charge in [-0.05, 0) is 40.4 Å². The summed E-state index contributed by atoms with van der Waals surface area (Å²) in [5.41, 5.74) is 2.84. The summed E-state index contributed by atoms with van der Waals surface area (Å²) in [4.78, 5) is 11.1. The average Bonchev–Trinajstić information content (AvgIpc) is 2.41. The Bertz CT molecular complexity index is 516. The van der Waals surface area contributed by atoms with Crippen LogP contribution in [-0.2, 0) is 26.8 Å². The molecule has 0 atom stereocenters. The summed E-state index contributed by atoms with van der Waals surface area (Å²) >= 11 is 3.89. The topological polar surface area (TPSA) is 46.5 Å². The Kier molecular flexibility index (Phi) is 6.58. The second kappa shape index (κ2) is 7.61. The van der Waals surface area contributed by atoms with Gasteiger partial charge in [0.05, 0.1) is 12.4 Å². The van der Waals surface area contributed by atoms with E-state index in [0.717, 1.165) is 24.0 Å². The van der Waals surface area contributed by atoms with Gasteiger partial charge in [-0.25, -0.2) is 0 Å². The third-order valence-electron chi connectivity index (χ3n) is 3.79. The van der Waals surface area contributed by atoms with Gasteiger partial charge >= 0.3 is 5.97 Å². The summed E-state index contributed by atoms with van der Waals surface area (Å²) < 4.78 is 5.07. The van der Waals surface area contributed by atoms with E-state index in [0.29, 0.717) is 12.4 Å².